The Balaban J connectivity index is 0.000000980. The molecular formula is C10H13ClN2O. The third kappa shape index (κ3) is 2.47. The summed E-state index contributed by atoms with van der Waals surface area (Å²) in [6.45, 7) is 1.85. The fourth-order valence-electron chi connectivity index (χ4n) is 1.39. The van der Waals surface area contributed by atoms with E-state index in [1.165, 1.54) is 0 Å². The van der Waals surface area contributed by atoms with Gasteiger partial charge in [-0.1, -0.05) is 29.8 Å². The average molecular weight is 213 g/mol. The molecule has 0 aliphatic carbocycles. The van der Waals surface area contributed by atoms with E-state index in [0.29, 0.717) is 0 Å². The Morgan fingerprint density at radius 2 is 2.14 bits per heavy atom. The van der Waals surface area contributed by atoms with Gasteiger partial charge in [0, 0.05) is 18.0 Å². The molecule has 0 saturated carbocycles. The lowest BCUT2D eigenvalue weighted by Gasteiger charge is -2.03. The minimum absolute atomic E-state index is 0. The minimum atomic E-state index is 0. The molecule has 0 bridgehead atoms. The van der Waals surface area contributed by atoms with Gasteiger partial charge in [-0.3, -0.25) is 4.99 Å². The molecule has 1 aromatic rings. The zero-order valence-electron chi connectivity index (χ0n) is 7.76. The van der Waals surface area contributed by atoms with Crippen LogP contribution in [0, 0.1) is 0 Å². The van der Waals surface area contributed by atoms with Crippen LogP contribution >= 0.6 is 11.6 Å². The summed E-state index contributed by atoms with van der Waals surface area (Å²) in [7, 11) is 0. The van der Waals surface area contributed by atoms with E-state index in [1.807, 2.05) is 24.3 Å². The van der Waals surface area contributed by atoms with Crippen LogP contribution in [0.25, 0.3) is 0 Å². The van der Waals surface area contributed by atoms with E-state index in [9.17, 15) is 0 Å². The molecule has 0 aromatic heterocycles. The monoisotopic (exact) mass is 212 g/mol. The molecule has 0 unspecified atom stereocenters. The SMILES string of the molecule is Clc1ccccc1CC1=NCCN1.O. The second-order valence-corrected chi connectivity index (χ2v) is 3.43. The van der Waals surface area contributed by atoms with Crippen LogP contribution in [0.2, 0.25) is 5.02 Å². The van der Waals surface area contributed by atoms with Crippen molar-refractivity contribution < 1.29 is 5.48 Å². The number of benzene rings is 1. The quantitative estimate of drug-likeness (QED) is 0.783. The maximum Gasteiger partial charge on any atom is 0.101 e. The Bertz CT molecular complexity index is 339. The number of aliphatic imine (C=N–C) groups is 1. The van der Waals surface area contributed by atoms with Gasteiger partial charge < -0.3 is 10.8 Å². The van der Waals surface area contributed by atoms with Crippen molar-refractivity contribution in [3.63, 3.8) is 0 Å². The van der Waals surface area contributed by atoms with Crippen molar-refractivity contribution in [2.75, 3.05) is 13.1 Å². The maximum atomic E-state index is 6.02. The summed E-state index contributed by atoms with van der Waals surface area (Å²) in [4.78, 5) is 4.32. The van der Waals surface area contributed by atoms with E-state index < -0.39 is 0 Å². The molecule has 1 aliphatic rings. The van der Waals surface area contributed by atoms with Crippen LogP contribution in [0.3, 0.4) is 0 Å². The van der Waals surface area contributed by atoms with Gasteiger partial charge in [-0.15, -0.1) is 0 Å². The summed E-state index contributed by atoms with van der Waals surface area (Å²) in [6, 6.07) is 7.88. The first-order valence-electron chi connectivity index (χ1n) is 4.37. The number of hydrogen-bond donors (Lipinski definition) is 1. The highest BCUT2D eigenvalue weighted by Crippen LogP contribution is 2.15. The number of halogens is 1. The lowest BCUT2D eigenvalue weighted by molar-refractivity contribution is 0.824. The molecular weight excluding hydrogens is 200 g/mol. The second-order valence-electron chi connectivity index (χ2n) is 3.02. The largest absolute Gasteiger partial charge is 0.412 e. The summed E-state index contributed by atoms with van der Waals surface area (Å²) in [5, 5.41) is 4.04. The second kappa shape index (κ2) is 4.98. The minimum Gasteiger partial charge on any atom is -0.412 e. The first-order chi connectivity index (χ1) is 6.36. The summed E-state index contributed by atoms with van der Waals surface area (Å²) < 4.78 is 0. The molecule has 2 rings (SSSR count). The Morgan fingerprint density at radius 1 is 1.36 bits per heavy atom. The van der Waals surface area contributed by atoms with Crippen molar-refractivity contribution in [1.29, 1.82) is 0 Å². The highest BCUT2D eigenvalue weighted by atomic mass is 35.5. The Labute approximate surface area is 88.1 Å². The zero-order valence-corrected chi connectivity index (χ0v) is 8.51. The van der Waals surface area contributed by atoms with E-state index in [2.05, 4.69) is 10.3 Å². The highest BCUT2D eigenvalue weighted by Gasteiger charge is 2.07. The van der Waals surface area contributed by atoms with Crippen molar-refractivity contribution >= 4 is 17.4 Å². The number of hydrogen-bond acceptors (Lipinski definition) is 2. The topological polar surface area (TPSA) is 55.9 Å². The van der Waals surface area contributed by atoms with Crippen molar-refractivity contribution in [2.45, 2.75) is 6.42 Å². The molecule has 14 heavy (non-hydrogen) atoms. The van der Waals surface area contributed by atoms with E-state index in [1.54, 1.807) is 0 Å². The van der Waals surface area contributed by atoms with Gasteiger partial charge in [-0.05, 0) is 11.6 Å². The molecule has 0 fully saturated rings. The standard InChI is InChI=1S/C10H11ClN2.H2O/c11-9-4-2-1-3-8(9)7-10-12-5-6-13-10;/h1-4H,5-7H2,(H,12,13);1H2. The van der Waals surface area contributed by atoms with Gasteiger partial charge in [0.2, 0.25) is 0 Å². The van der Waals surface area contributed by atoms with Crippen LogP contribution in [0.5, 0.6) is 0 Å². The first kappa shape index (κ1) is 11.0. The number of nitrogens with zero attached hydrogens (tertiary/aromatic N) is 1. The Morgan fingerprint density at radius 3 is 2.79 bits per heavy atom. The molecule has 76 valence electrons. The Hall–Kier alpha value is -1.06. The zero-order chi connectivity index (χ0) is 9.10. The van der Waals surface area contributed by atoms with E-state index >= 15 is 0 Å². The molecule has 0 atom stereocenters. The number of nitrogens with one attached hydrogen (secondary N) is 1. The Kier molecular flexibility index (Phi) is 3.92. The van der Waals surface area contributed by atoms with Crippen molar-refractivity contribution in [3.8, 4) is 0 Å². The van der Waals surface area contributed by atoms with E-state index in [-0.39, 0.29) is 5.48 Å². The lowest BCUT2D eigenvalue weighted by atomic mass is 10.1. The highest BCUT2D eigenvalue weighted by molar-refractivity contribution is 6.31. The molecule has 0 amide bonds. The van der Waals surface area contributed by atoms with Crippen molar-refractivity contribution in [1.82, 2.24) is 5.32 Å². The van der Waals surface area contributed by atoms with Gasteiger partial charge in [0.15, 0.2) is 0 Å². The van der Waals surface area contributed by atoms with Crippen LogP contribution in [-0.2, 0) is 6.42 Å². The summed E-state index contributed by atoms with van der Waals surface area (Å²) >= 11 is 6.02. The van der Waals surface area contributed by atoms with E-state index in [4.69, 9.17) is 11.6 Å². The molecule has 0 radical (unpaired) electrons. The van der Waals surface area contributed by atoms with Crippen LogP contribution in [-0.4, -0.2) is 24.4 Å². The molecule has 4 heteroatoms. The smallest absolute Gasteiger partial charge is 0.101 e. The molecule has 0 spiro atoms. The van der Waals surface area contributed by atoms with Crippen molar-refractivity contribution in [3.05, 3.63) is 34.9 Å². The van der Waals surface area contributed by atoms with Crippen LogP contribution in [0.15, 0.2) is 29.3 Å². The molecule has 1 aromatic carbocycles. The average Bonchev–Trinajstić information content (AvgIpc) is 2.61. The number of amidine groups is 1. The van der Waals surface area contributed by atoms with Crippen LogP contribution in [0.4, 0.5) is 0 Å². The van der Waals surface area contributed by atoms with Gasteiger partial charge in [0.05, 0.1) is 6.54 Å². The summed E-state index contributed by atoms with van der Waals surface area (Å²) in [6.07, 6.45) is 0.819. The van der Waals surface area contributed by atoms with Gasteiger partial charge in [0.25, 0.3) is 0 Å². The van der Waals surface area contributed by atoms with Crippen LogP contribution < -0.4 is 5.32 Å². The first-order valence-corrected chi connectivity index (χ1v) is 4.74. The predicted octanol–water partition coefficient (Wildman–Crippen LogP) is 1.06. The molecule has 3 nitrogen and oxygen atoms in total. The predicted molar refractivity (Wildman–Crippen MR) is 59.1 cm³/mol. The molecule has 0 saturated heterocycles. The van der Waals surface area contributed by atoms with Crippen LogP contribution in [0.1, 0.15) is 5.56 Å². The summed E-state index contributed by atoms with van der Waals surface area (Å²) in [5.41, 5.74) is 1.14. The maximum absolute atomic E-state index is 6.02. The van der Waals surface area contributed by atoms with Crippen molar-refractivity contribution in [2.24, 2.45) is 4.99 Å². The summed E-state index contributed by atoms with van der Waals surface area (Å²) in [5.74, 6) is 1.05. The third-order valence-electron chi connectivity index (χ3n) is 2.06. The molecule has 1 heterocycles. The fraction of sp³-hybridized carbons (Fsp3) is 0.300. The fourth-order valence-corrected chi connectivity index (χ4v) is 1.59. The molecule has 1 aliphatic heterocycles. The van der Waals surface area contributed by atoms with Gasteiger partial charge in [-0.2, -0.15) is 0 Å². The van der Waals surface area contributed by atoms with Gasteiger partial charge in [0.1, 0.15) is 5.84 Å². The van der Waals surface area contributed by atoms with Gasteiger partial charge in [-0.25, -0.2) is 0 Å². The van der Waals surface area contributed by atoms with E-state index in [0.717, 1.165) is 35.9 Å². The molecule has 3 N–H and O–H groups in total. The van der Waals surface area contributed by atoms with Gasteiger partial charge >= 0.3 is 0 Å². The normalized spacial score (nSPS) is 14.2. The lowest BCUT2D eigenvalue weighted by Crippen LogP contribution is -2.20. The number of rotatable bonds is 2. The third-order valence-corrected chi connectivity index (χ3v) is 2.43.